The summed E-state index contributed by atoms with van der Waals surface area (Å²) in [7, 11) is 0. The van der Waals surface area contributed by atoms with Gasteiger partial charge in [-0.05, 0) is 43.5 Å². The van der Waals surface area contributed by atoms with Crippen molar-refractivity contribution in [2.45, 2.75) is 39.5 Å². The van der Waals surface area contributed by atoms with Crippen LogP contribution in [-0.4, -0.2) is 33.6 Å². The second kappa shape index (κ2) is 8.94. The molecule has 7 heteroatoms. The predicted molar refractivity (Wildman–Crippen MR) is 97.6 cm³/mol. The van der Waals surface area contributed by atoms with Gasteiger partial charge in [0.15, 0.2) is 0 Å². The minimum absolute atomic E-state index is 0.0744. The van der Waals surface area contributed by atoms with E-state index in [1.54, 1.807) is 37.4 Å². The Morgan fingerprint density at radius 2 is 1.92 bits per heavy atom. The van der Waals surface area contributed by atoms with Crippen molar-refractivity contribution in [1.82, 2.24) is 9.97 Å². The first-order chi connectivity index (χ1) is 12.4. The Bertz CT molecular complexity index is 773. The highest BCUT2D eigenvalue weighted by atomic mass is 16.5. The lowest BCUT2D eigenvalue weighted by Gasteiger charge is -2.12. The van der Waals surface area contributed by atoms with Crippen molar-refractivity contribution in [3.8, 4) is 5.75 Å². The highest BCUT2D eigenvalue weighted by Crippen LogP contribution is 2.20. The SMILES string of the molecule is Cc1ncc(C(=O)Nc2ccc(OCCCC(=O)O)cc2)c(C(C)C)n1. The Hall–Kier alpha value is -2.96. The van der Waals surface area contributed by atoms with E-state index < -0.39 is 5.97 Å². The third kappa shape index (κ3) is 5.54. The van der Waals surface area contributed by atoms with Gasteiger partial charge in [-0.2, -0.15) is 0 Å². The molecule has 2 aromatic rings. The van der Waals surface area contributed by atoms with Gasteiger partial charge in [0, 0.05) is 18.3 Å². The molecular formula is C19H23N3O4. The molecule has 0 saturated carbocycles. The quantitative estimate of drug-likeness (QED) is 0.702. The molecule has 0 unspecified atom stereocenters. The second-order valence-corrected chi connectivity index (χ2v) is 6.20. The van der Waals surface area contributed by atoms with E-state index in [-0.39, 0.29) is 18.2 Å². The number of amides is 1. The molecule has 26 heavy (non-hydrogen) atoms. The first-order valence-electron chi connectivity index (χ1n) is 8.46. The van der Waals surface area contributed by atoms with Crippen LogP contribution in [0.1, 0.15) is 54.5 Å². The third-order valence-corrected chi connectivity index (χ3v) is 3.65. The number of anilines is 1. The molecule has 0 spiro atoms. The average molecular weight is 357 g/mol. The van der Waals surface area contributed by atoms with Crippen molar-refractivity contribution in [2.24, 2.45) is 0 Å². The number of hydrogen-bond acceptors (Lipinski definition) is 5. The molecule has 7 nitrogen and oxygen atoms in total. The number of nitrogens with one attached hydrogen (secondary N) is 1. The van der Waals surface area contributed by atoms with Gasteiger partial charge >= 0.3 is 5.97 Å². The van der Waals surface area contributed by atoms with Crippen LogP contribution < -0.4 is 10.1 Å². The van der Waals surface area contributed by atoms with Gasteiger partial charge in [-0.3, -0.25) is 9.59 Å². The zero-order valence-electron chi connectivity index (χ0n) is 15.2. The fourth-order valence-corrected chi connectivity index (χ4v) is 2.35. The van der Waals surface area contributed by atoms with E-state index in [0.717, 1.165) is 0 Å². The Morgan fingerprint density at radius 1 is 1.23 bits per heavy atom. The average Bonchev–Trinajstić information content (AvgIpc) is 2.59. The second-order valence-electron chi connectivity index (χ2n) is 6.20. The summed E-state index contributed by atoms with van der Waals surface area (Å²) in [4.78, 5) is 31.5. The monoisotopic (exact) mass is 357 g/mol. The molecule has 1 heterocycles. The van der Waals surface area contributed by atoms with E-state index >= 15 is 0 Å². The van der Waals surface area contributed by atoms with Crippen molar-refractivity contribution >= 4 is 17.6 Å². The molecule has 2 rings (SSSR count). The summed E-state index contributed by atoms with van der Waals surface area (Å²) < 4.78 is 5.47. The minimum Gasteiger partial charge on any atom is -0.494 e. The maximum absolute atomic E-state index is 12.5. The predicted octanol–water partition coefficient (Wildman–Crippen LogP) is 3.40. The Kier molecular flexibility index (Phi) is 6.66. The first-order valence-corrected chi connectivity index (χ1v) is 8.46. The maximum Gasteiger partial charge on any atom is 0.303 e. The summed E-state index contributed by atoms with van der Waals surface area (Å²) in [5, 5.41) is 11.4. The van der Waals surface area contributed by atoms with E-state index in [1.165, 1.54) is 0 Å². The lowest BCUT2D eigenvalue weighted by atomic mass is 10.0. The van der Waals surface area contributed by atoms with Crippen LogP contribution in [0.15, 0.2) is 30.5 Å². The number of carboxylic acids is 1. The molecule has 0 fully saturated rings. The molecule has 1 aromatic carbocycles. The summed E-state index contributed by atoms with van der Waals surface area (Å²) in [6.07, 6.45) is 2.07. The Balaban J connectivity index is 1.98. The number of ether oxygens (including phenoxy) is 1. The highest BCUT2D eigenvalue weighted by molar-refractivity contribution is 6.04. The molecule has 0 radical (unpaired) electrons. The number of hydrogen-bond donors (Lipinski definition) is 2. The van der Waals surface area contributed by atoms with Crippen molar-refractivity contribution < 1.29 is 19.4 Å². The summed E-state index contributed by atoms with van der Waals surface area (Å²) in [5.74, 6) is 0.264. The largest absolute Gasteiger partial charge is 0.494 e. The van der Waals surface area contributed by atoms with E-state index in [2.05, 4.69) is 15.3 Å². The van der Waals surface area contributed by atoms with Crippen molar-refractivity contribution in [1.29, 1.82) is 0 Å². The van der Waals surface area contributed by atoms with Gasteiger partial charge in [0.1, 0.15) is 11.6 Å². The van der Waals surface area contributed by atoms with Crippen LogP contribution >= 0.6 is 0 Å². The number of aromatic nitrogens is 2. The van der Waals surface area contributed by atoms with Gasteiger partial charge in [-0.1, -0.05) is 13.8 Å². The normalized spacial score (nSPS) is 10.6. The number of carbonyl (C=O) groups excluding carboxylic acids is 1. The van der Waals surface area contributed by atoms with Gasteiger partial charge < -0.3 is 15.2 Å². The molecule has 0 aliphatic rings. The van der Waals surface area contributed by atoms with Crippen LogP contribution in [0.2, 0.25) is 0 Å². The number of aliphatic carboxylic acids is 1. The zero-order valence-corrected chi connectivity index (χ0v) is 15.2. The van der Waals surface area contributed by atoms with Gasteiger partial charge in [-0.15, -0.1) is 0 Å². The number of aryl methyl sites for hydroxylation is 1. The minimum atomic E-state index is -0.840. The van der Waals surface area contributed by atoms with Gasteiger partial charge in [0.05, 0.1) is 17.9 Å². The molecule has 1 amide bonds. The van der Waals surface area contributed by atoms with Crippen LogP contribution in [0.5, 0.6) is 5.75 Å². The van der Waals surface area contributed by atoms with Crippen molar-refractivity contribution in [3.05, 3.63) is 47.5 Å². The maximum atomic E-state index is 12.5. The molecule has 0 bridgehead atoms. The molecule has 0 aliphatic carbocycles. The molecule has 0 saturated heterocycles. The molecule has 1 aromatic heterocycles. The fourth-order valence-electron chi connectivity index (χ4n) is 2.35. The third-order valence-electron chi connectivity index (χ3n) is 3.65. The van der Waals surface area contributed by atoms with Gasteiger partial charge in [0.25, 0.3) is 5.91 Å². The molecule has 2 N–H and O–H groups in total. The van der Waals surface area contributed by atoms with Crippen LogP contribution in [0.4, 0.5) is 5.69 Å². The zero-order chi connectivity index (χ0) is 19.1. The summed E-state index contributed by atoms with van der Waals surface area (Å²) >= 11 is 0. The highest BCUT2D eigenvalue weighted by Gasteiger charge is 2.16. The number of carbonyl (C=O) groups is 2. The molecular weight excluding hydrogens is 334 g/mol. The molecule has 0 aliphatic heterocycles. The van der Waals surface area contributed by atoms with Gasteiger partial charge in [-0.25, -0.2) is 9.97 Å². The van der Waals surface area contributed by atoms with Crippen LogP contribution in [0, 0.1) is 6.92 Å². The molecule has 138 valence electrons. The van der Waals surface area contributed by atoms with Crippen LogP contribution in [-0.2, 0) is 4.79 Å². The van der Waals surface area contributed by atoms with Gasteiger partial charge in [0.2, 0.25) is 0 Å². The van der Waals surface area contributed by atoms with Crippen LogP contribution in [0.25, 0.3) is 0 Å². The van der Waals surface area contributed by atoms with E-state index in [0.29, 0.717) is 41.5 Å². The topological polar surface area (TPSA) is 101 Å². The van der Waals surface area contributed by atoms with Crippen molar-refractivity contribution in [2.75, 3.05) is 11.9 Å². The van der Waals surface area contributed by atoms with E-state index in [9.17, 15) is 9.59 Å². The lowest BCUT2D eigenvalue weighted by Crippen LogP contribution is -2.17. The first kappa shape index (κ1) is 19.4. The number of benzene rings is 1. The number of carboxylic acid groups (broad SMARTS) is 1. The Labute approximate surface area is 152 Å². The Morgan fingerprint density at radius 3 is 2.54 bits per heavy atom. The van der Waals surface area contributed by atoms with Crippen LogP contribution in [0.3, 0.4) is 0 Å². The summed E-state index contributed by atoms with van der Waals surface area (Å²) in [6.45, 7) is 6.09. The molecule has 0 atom stereocenters. The lowest BCUT2D eigenvalue weighted by molar-refractivity contribution is -0.137. The number of rotatable bonds is 8. The summed E-state index contributed by atoms with van der Waals surface area (Å²) in [6, 6.07) is 6.92. The van der Waals surface area contributed by atoms with E-state index in [1.807, 2.05) is 13.8 Å². The standard InChI is InChI=1S/C19H23N3O4/c1-12(2)18-16(11-20-13(3)21-18)19(25)22-14-6-8-15(9-7-14)26-10-4-5-17(23)24/h6-9,11-12H,4-5,10H2,1-3H3,(H,22,25)(H,23,24). The fraction of sp³-hybridized carbons (Fsp3) is 0.368. The van der Waals surface area contributed by atoms with E-state index in [4.69, 9.17) is 9.84 Å². The number of nitrogens with zero attached hydrogens (tertiary/aromatic N) is 2. The smallest absolute Gasteiger partial charge is 0.303 e. The van der Waals surface area contributed by atoms with Crippen molar-refractivity contribution in [3.63, 3.8) is 0 Å². The summed E-state index contributed by atoms with van der Waals surface area (Å²) in [5.41, 5.74) is 1.80.